The van der Waals surface area contributed by atoms with E-state index < -0.39 is 0 Å². The maximum atomic E-state index is 8.23. The first kappa shape index (κ1) is 11.2. The van der Waals surface area contributed by atoms with Crippen molar-refractivity contribution in [1.82, 2.24) is 0 Å². The van der Waals surface area contributed by atoms with Crippen LogP contribution in [0.1, 0.15) is 36.0 Å². The summed E-state index contributed by atoms with van der Waals surface area (Å²) in [5, 5.41) is 8.23. The van der Waals surface area contributed by atoms with Gasteiger partial charge in [-0.25, -0.2) is 0 Å². The van der Waals surface area contributed by atoms with E-state index in [9.17, 15) is 0 Å². The zero-order valence-corrected chi connectivity index (χ0v) is 10.6. The van der Waals surface area contributed by atoms with Crippen LogP contribution in [0.15, 0.2) is 54.6 Å². The molecular weight excluding hydrogens is 218 g/mol. The first-order valence-corrected chi connectivity index (χ1v) is 6.50. The number of hydrogen-bond acceptors (Lipinski definition) is 1. The van der Waals surface area contributed by atoms with Crippen LogP contribution in [0.5, 0.6) is 0 Å². The molecule has 1 aliphatic rings. The van der Waals surface area contributed by atoms with Crippen LogP contribution in [0.2, 0.25) is 0 Å². The minimum atomic E-state index is 0.338. The Balaban J connectivity index is 2.13. The maximum absolute atomic E-state index is 8.23. The average Bonchev–Trinajstić information content (AvgIpc) is 2.44. The fraction of sp³-hybridized carbons (Fsp3) is 0.235. The van der Waals surface area contributed by atoms with Crippen molar-refractivity contribution in [3.8, 4) is 0 Å². The molecule has 1 N–H and O–H groups in total. The Morgan fingerprint density at radius 3 is 2.39 bits per heavy atom. The first-order chi connectivity index (χ1) is 8.77. The molecule has 18 heavy (non-hydrogen) atoms. The van der Waals surface area contributed by atoms with Gasteiger partial charge in [0.05, 0.1) is 0 Å². The molecule has 1 nitrogen and oxygen atoms in total. The zero-order valence-electron chi connectivity index (χ0n) is 10.6. The summed E-state index contributed by atoms with van der Waals surface area (Å²) in [6.45, 7) is 2.16. The Morgan fingerprint density at radius 2 is 1.61 bits per heavy atom. The highest BCUT2D eigenvalue weighted by atomic mass is 14.5. The molecule has 0 saturated carbocycles. The summed E-state index contributed by atoms with van der Waals surface area (Å²) in [5.74, 6) is 0.775. The molecule has 0 heterocycles. The number of hydrogen-bond donors (Lipinski definition) is 1. The van der Waals surface area contributed by atoms with E-state index in [4.69, 9.17) is 5.41 Å². The fourth-order valence-electron chi connectivity index (χ4n) is 2.91. The Morgan fingerprint density at radius 1 is 0.944 bits per heavy atom. The first-order valence-electron chi connectivity index (χ1n) is 6.50. The van der Waals surface area contributed by atoms with E-state index in [1.165, 1.54) is 11.1 Å². The van der Waals surface area contributed by atoms with E-state index in [2.05, 4.69) is 55.5 Å². The van der Waals surface area contributed by atoms with E-state index >= 15 is 0 Å². The van der Waals surface area contributed by atoms with Gasteiger partial charge in [0.25, 0.3) is 0 Å². The second-order valence-corrected chi connectivity index (χ2v) is 5.10. The monoisotopic (exact) mass is 235 g/mol. The van der Waals surface area contributed by atoms with Crippen LogP contribution in [0, 0.1) is 11.3 Å². The van der Waals surface area contributed by atoms with Crippen molar-refractivity contribution in [3.05, 3.63) is 71.3 Å². The second-order valence-electron chi connectivity index (χ2n) is 5.10. The third-order valence-corrected chi connectivity index (χ3v) is 3.91. The van der Waals surface area contributed by atoms with Crippen molar-refractivity contribution < 1.29 is 0 Å². The Labute approximate surface area is 108 Å². The standard InChI is InChI=1S/C17H17N/c1-12-11-16(13-7-3-2-4-8-13)14-9-5-6-10-15(14)17(12)18/h2-10,12,16,18H,11H2,1H3. The molecule has 0 aliphatic heterocycles. The molecule has 1 heteroatoms. The van der Waals surface area contributed by atoms with Crippen molar-refractivity contribution in [1.29, 1.82) is 5.41 Å². The Kier molecular flexibility index (Phi) is 2.75. The summed E-state index contributed by atoms with van der Waals surface area (Å²) in [4.78, 5) is 0. The Hall–Kier alpha value is -1.89. The topological polar surface area (TPSA) is 23.9 Å². The number of fused-ring (bicyclic) bond motifs is 1. The van der Waals surface area contributed by atoms with Crippen molar-refractivity contribution in [2.24, 2.45) is 5.92 Å². The van der Waals surface area contributed by atoms with Gasteiger partial charge in [-0.2, -0.15) is 0 Å². The second kappa shape index (κ2) is 4.41. The maximum Gasteiger partial charge on any atom is 0.0417 e. The molecule has 0 radical (unpaired) electrons. The molecule has 3 rings (SSSR count). The average molecular weight is 235 g/mol. The number of rotatable bonds is 1. The summed E-state index contributed by atoms with van der Waals surface area (Å²) in [6, 6.07) is 19.0. The lowest BCUT2D eigenvalue weighted by Gasteiger charge is -2.30. The van der Waals surface area contributed by atoms with Crippen LogP contribution in [0.3, 0.4) is 0 Å². The van der Waals surface area contributed by atoms with Gasteiger partial charge in [-0.15, -0.1) is 0 Å². The van der Waals surface area contributed by atoms with Gasteiger partial charge in [0, 0.05) is 11.6 Å². The quantitative estimate of drug-likeness (QED) is 0.765. The van der Waals surface area contributed by atoms with Gasteiger partial charge < -0.3 is 5.41 Å². The minimum absolute atomic E-state index is 0.338. The summed E-state index contributed by atoms with van der Waals surface area (Å²) in [5.41, 5.74) is 4.60. The molecule has 90 valence electrons. The molecule has 1 aliphatic carbocycles. The highest BCUT2D eigenvalue weighted by Gasteiger charge is 2.28. The summed E-state index contributed by atoms with van der Waals surface area (Å²) in [7, 11) is 0. The normalized spacial score (nSPS) is 22.6. The molecular formula is C17H17N. The van der Waals surface area contributed by atoms with Crippen LogP contribution in [-0.4, -0.2) is 5.71 Å². The lowest BCUT2D eigenvalue weighted by atomic mass is 9.73. The highest BCUT2D eigenvalue weighted by molar-refractivity contribution is 6.02. The highest BCUT2D eigenvalue weighted by Crippen LogP contribution is 2.38. The van der Waals surface area contributed by atoms with Crippen molar-refractivity contribution in [2.75, 3.05) is 0 Å². The molecule has 0 saturated heterocycles. The van der Waals surface area contributed by atoms with Crippen molar-refractivity contribution in [2.45, 2.75) is 19.3 Å². The van der Waals surface area contributed by atoms with Crippen LogP contribution in [0.25, 0.3) is 0 Å². The third-order valence-electron chi connectivity index (χ3n) is 3.91. The summed E-state index contributed by atoms with van der Waals surface area (Å²) >= 11 is 0. The van der Waals surface area contributed by atoms with Crippen LogP contribution in [-0.2, 0) is 0 Å². The molecule has 0 fully saturated rings. The van der Waals surface area contributed by atoms with Gasteiger partial charge in [-0.3, -0.25) is 0 Å². The van der Waals surface area contributed by atoms with Crippen LogP contribution >= 0.6 is 0 Å². The molecule has 0 spiro atoms. The minimum Gasteiger partial charge on any atom is -0.304 e. The molecule has 2 unspecified atom stereocenters. The van der Waals surface area contributed by atoms with E-state index in [-0.39, 0.29) is 0 Å². The third kappa shape index (κ3) is 1.76. The van der Waals surface area contributed by atoms with Gasteiger partial charge in [0.15, 0.2) is 0 Å². The van der Waals surface area contributed by atoms with Crippen molar-refractivity contribution in [3.63, 3.8) is 0 Å². The zero-order chi connectivity index (χ0) is 12.5. The van der Waals surface area contributed by atoms with Crippen LogP contribution in [0.4, 0.5) is 0 Å². The number of benzene rings is 2. The van der Waals surface area contributed by atoms with Gasteiger partial charge in [0.1, 0.15) is 0 Å². The van der Waals surface area contributed by atoms with E-state index in [1.54, 1.807) is 0 Å². The van der Waals surface area contributed by atoms with Gasteiger partial charge in [-0.05, 0) is 29.0 Å². The van der Waals surface area contributed by atoms with E-state index in [0.29, 0.717) is 11.8 Å². The van der Waals surface area contributed by atoms with E-state index in [1.807, 2.05) is 6.07 Å². The summed E-state index contributed by atoms with van der Waals surface area (Å²) in [6.07, 6.45) is 1.04. The predicted octanol–water partition coefficient (Wildman–Crippen LogP) is 4.23. The predicted molar refractivity (Wildman–Crippen MR) is 75.3 cm³/mol. The molecule has 2 aromatic rings. The molecule has 2 atom stereocenters. The molecule has 0 amide bonds. The SMILES string of the molecule is CC1CC(c2ccccc2)c2ccccc2C1=N. The fourth-order valence-corrected chi connectivity index (χ4v) is 2.91. The van der Waals surface area contributed by atoms with Crippen LogP contribution < -0.4 is 0 Å². The van der Waals surface area contributed by atoms with Gasteiger partial charge in [-0.1, -0.05) is 61.5 Å². The number of nitrogens with one attached hydrogen (secondary N) is 1. The molecule has 2 aromatic carbocycles. The largest absolute Gasteiger partial charge is 0.304 e. The Bertz CT molecular complexity index is 571. The van der Waals surface area contributed by atoms with Gasteiger partial charge >= 0.3 is 0 Å². The van der Waals surface area contributed by atoms with Crippen molar-refractivity contribution >= 4 is 5.71 Å². The molecule has 0 bridgehead atoms. The smallest absolute Gasteiger partial charge is 0.0417 e. The molecule has 0 aromatic heterocycles. The summed E-state index contributed by atoms with van der Waals surface area (Å²) < 4.78 is 0. The van der Waals surface area contributed by atoms with E-state index in [0.717, 1.165) is 17.7 Å². The van der Waals surface area contributed by atoms with Gasteiger partial charge in [0.2, 0.25) is 0 Å². The lowest BCUT2D eigenvalue weighted by Crippen LogP contribution is -2.24. The lowest BCUT2D eigenvalue weighted by molar-refractivity contribution is 0.596.